The number of nitrogens with one attached hydrogen (secondary N) is 1. The van der Waals surface area contributed by atoms with Crippen LogP contribution in [0.1, 0.15) is 33.1 Å². The van der Waals surface area contributed by atoms with Crippen molar-refractivity contribution in [2.75, 3.05) is 47.1 Å². The molecule has 7 nitrogen and oxygen atoms in total. The van der Waals surface area contributed by atoms with Crippen molar-refractivity contribution in [3.8, 4) is 5.75 Å². The highest BCUT2D eigenvalue weighted by Gasteiger charge is 2.35. The lowest BCUT2D eigenvalue weighted by Crippen LogP contribution is -2.57. The van der Waals surface area contributed by atoms with Crippen molar-refractivity contribution in [1.29, 1.82) is 0 Å². The standard InChI is InChI=1S/C26H31N3O4/c1-17-12-24(31-2)22(21-8-9-27-25(17)21)13-29-11-10-28(20-15-33-16-20)14-23(29)18-4-6-19(7-5-18)26(30)32-3/h4-9,12,20,23,27H,10-11,13-16H2,1-3H3. The number of hydrogen-bond donors (Lipinski definition) is 1. The molecule has 0 amide bonds. The molecule has 0 aliphatic carbocycles. The van der Waals surface area contributed by atoms with Gasteiger partial charge in [0.15, 0.2) is 0 Å². The molecular formula is C26H31N3O4. The summed E-state index contributed by atoms with van der Waals surface area (Å²) < 4.78 is 16.1. The summed E-state index contributed by atoms with van der Waals surface area (Å²) >= 11 is 0. The highest BCUT2D eigenvalue weighted by molar-refractivity contribution is 5.89. The van der Waals surface area contributed by atoms with Crippen LogP contribution >= 0.6 is 0 Å². The van der Waals surface area contributed by atoms with Gasteiger partial charge < -0.3 is 19.2 Å². The third-order valence-electron chi connectivity index (χ3n) is 7.07. The number of piperazine rings is 1. The maximum atomic E-state index is 11.9. The number of ether oxygens (including phenoxy) is 3. The van der Waals surface area contributed by atoms with Gasteiger partial charge in [0.25, 0.3) is 0 Å². The van der Waals surface area contributed by atoms with Gasteiger partial charge in [0.2, 0.25) is 0 Å². The lowest BCUT2D eigenvalue weighted by molar-refractivity contribution is -0.0877. The quantitative estimate of drug-likeness (QED) is 0.581. The second kappa shape index (κ2) is 9.17. The zero-order valence-corrected chi connectivity index (χ0v) is 19.5. The molecular weight excluding hydrogens is 418 g/mol. The van der Waals surface area contributed by atoms with Gasteiger partial charge in [0.05, 0.1) is 39.0 Å². The number of hydrogen-bond acceptors (Lipinski definition) is 6. The average Bonchev–Trinajstić information content (AvgIpc) is 3.31. The van der Waals surface area contributed by atoms with Crippen molar-refractivity contribution >= 4 is 16.9 Å². The lowest BCUT2D eigenvalue weighted by Gasteiger charge is -2.47. The molecule has 5 rings (SSSR count). The molecule has 3 aromatic rings. The summed E-state index contributed by atoms with van der Waals surface area (Å²) in [5, 5.41) is 1.21. The summed E-state index contributed by atoms with van der Waals surface area (Å²) in [6, 6.07) is 12.8. The fourth-order valence-electron chi connectivity index (χ4n) is 5.06. The maximum absolute atomic E-state index is 11.9. The first kappa shape index (κ1) is 21.9. The van der Waals surface area contributed by atoms with Gasteiger partial charge in [-0.2, -0.15) is 0 Å². The first-order chi connectivity index (χ1) is 16.1. The van der Waals surface area contributed by atoms with Gasteiger partial charge >= 0.3 is 5.97 Å². The summed E-state index contributed by atoms with van der Waals surface area (Å²) in [6.45, 7) is 7.40. The van der Waals surface area contributed by atoms with E-state index in [1.807, 2.05) is 18.3 Å². The third kappa shape index (κ3) is 4.12. The van der Waals surface area contributed by atoms with Crippen LogP contribution in [0.4, 0.5) is 0 Å². The highest BCUT2D eigenvalue weighted by atomic mass is 16.5. The first-order valence-electron chi connectivity index (χ1n) is 11.5. The summed E-state index contributed by atoms with van der Waals surface area (Å²) in [7, 11) is 3.16. The summed E-state index contributed by atoms with van der Waals surface area (Å²) in [5.41, 5.74) is 5.32. The molecule has 1 unspecified atom stereocenters. The number of esters is 1. The van der Waals surface area contributed by atoms with Crippen LogP contribution in [0.5, 0.6) is 5.75 Å². The molecule has 1 N–H and O–H groups in total. The number of carbonyl (C=O) groups is 1. The van der Waals surface area contributed by atoms with Crippen molar-refractivity contribution < 1.29 is 19.0 Å². The van der Waals surface area contributed by atoms with Crippen LogP contribution in [0, 0.1) is 6.92 Å². The van der Waals surface area contributed by atoms with Crippen molar-refractivity contribution in [3.05, 3.63) is 64.8 Å². The second-order valence-electron chi connectivity index (χ2n) is 8.93. The number of benzene rings is 2. The van der Waals surface area contributed by atoms with Gasteiger partial charge in [-0.15, -0.1) is 0 Å². The highest BCUT2D eigenvalue weighted by Crippen LogP contribution is 2.35. The maximum Gasteiger partial charge on any atom is 0.337 e. The Morgan fingerprint density at radius 1 is 1.15 bits per heavy atom. The smallest absolute Gasteiger partial charge is 0.337 e. The Hall–Kier alpha value is -2.87. The molecule has 33 heavy (non-hydrogen) atoms. The van der Waals surface area contributed by atoms with Crippen LogP contribution in [0.3, 0.4) is 0 Å². The predicted molar refractivity (Wildman–Crippen MR) is 127 cm³/mol. The minimum atomic E-state index is -0.311. The van der Waals surface area contributed by atoms with Crippen LogP contribution < -0.4 is 4.74 Å². The molecule has 0 bridgehead atoms. The van der Waals surface area contributed by atoms with E-state index in [0.717, 1.165) is 50.7 Å². The fraction of sp³-hybridized carbons (Fsp3) is 0.423. The Morgan fingerprint density at radius 3 is 2.61 bits per heavy atom. The van der Waals surface area contributed by atoms with E-state index in [4.69, 9.17) is 14.2 Å². The second-order valence-corrected chi connectivity index (χ2v) is 8.93. The largest absolute Gasteiger partial charge is 0.496 e. The molecule has 2 aliphatic heterocycles. The molecule has 3 heterocycles. The summed E-state index contributed by atoms with van der Waals surface area (Å²) in [5.74, 6) is 0.615. The van der Waals surface area contributed by atoms with Gasteiger partial charge in [0, 0.05) is 54.9 Å². The number of fused-ring (bicyclic) bond motifs is 1. The number of methoxy groups -OCH3 is 2. The van der Waals surface area contributed by atoms with Gasteiger partial charge in [-0.3, -0.25) is 9.80 Å². The van der Waals surface area contributed by atoms with Crippen molar-refractivity contribution in [2.24, 2.45) is 0 Å². The average molecular weight is 450 g/mol. The molecule has 2 aliphatic rings. The number of aryl methyl sites for hydroxylation is 1. The van der Waals surface area contributed by atoms with E-state index < -0.39 is 0 Å². The Balaban J connectivity index is 1.47. The van der Waals surface area contributed by atoms with E-state index in [0.29, 0.717) is 11.6 Å². The zero-order chi connectivity index (χ0) is 22.9. The topological polar surface area (TPSA) is 67.0 Å². The van der Waals surface area contributed by atoms with Crippen LogP contribution in [-0.2, 0) is 16.0 Å². The number of aromatic nitrogens is 1. The summed E-state index contributed by atoms with van der Waals surface area (Å²) in [4.78, 5) is 20.4. The molecule has 2 saturated heterocycles. The number of carbonyl (C=O) groups excluding carboxylic acids is 1. The molecule has 0 radical (unpaired) electrons. The van der Waals surface area contributed by atoms with Crippen molar-refractivity contribution in [1.82, 2.24) is 14.8 Å². The van der Waals surface area contributed by atoms with Gasteiger partial charge in [-0.25, -0.2) is 4.79 Å². The van der Waals surface area contributed by atoms with Crippen LogP contribution in [0.25, 0.3) is 10.9 Å². The molecule has 1 aromatic heterocycles. The monoisotopic (exact) mass is 449 g/mol. The van der Waals surface area contributed by atoms with E-state index in [1.165, 1.54) is 29.2 Å². The van der Waals surface area contributed by atoms with E-state index in [1.54, 1.807) is 7.11 Å². The SMILES string of the molecule is COC(=O)c1ccc(C2CN(C3COC3)CCN2Cc2c(OC)cc(C)c3[nH]ccc23)cc1. The number of nitrogens with zero attached hydrogens (tertiary/aromatic N) is 2. The first-order valence-corrected chi connectivity index (χ1v) is 11.5. The Morgan fingerprint density at radius 2 is 1.94 bits per heavy atom. The zero-order valence-electron chi connectivity index (χ0n) is 19.5. The number of H-pyrrole nitrogens is 1. The predicted octanol–water partition coefficient (Wildman–Crippen LogP) is 3.53. The van der Waals surface area contributed by atoms with Crippen molar-refractivity contribution in [2.45, 2.75) is 25.6 Å². The molecule has 0 spiro atoms. The van der Waals surface area contributed by atoms with Crippen LogP contribution in [-0.4, -0.2) is 73.9 Å². The molecule has 1 atom stereocenters. The Labute approximate surface area is 194 Å². The minimum absolute atomic E-state index is 0.200. The number of aromatic amines is 1. The van der Waals surface area contributed by atoms with E-state index in [2.05, 4.69) is 46.0 Å². The third-order valence-corrected chi connectivity index (χ3v) is 7.07. The normalized spacial score (nSPS) is 20.0. The van der Waals surface area contributed by atoms with E-state index >= 15 is 0 Å². The van der Waals surface area contributed by atoms with Gasteiger partial charge in [0.1, 0.15) is 5.75 Å². The molecule has 7 heteroatoms. The minimum Gasteiger partial charge on any atom is -0.496 e. The lowest BCUT2D eigenvalue weighted by atomic mass is 9.97. The molecule has 174 valence electrons. The summed E-state index contributed by atoms with van der Waals surface area (Å²) in [6.07, 6.45) is 2.00. The number of rotatable bonds is 6. The Bertz CT molecular complexity index is 1140. The Kier molecular flexibility index (Phi) is 6.10. The van der Waals surface area contributed by atoms with E-state index in [-0.39, 0.29) is 12.0 Å². The van der Waals surface area contributed by atoms with Gasteiger partial charge in [-0.1, -0.05) is 12.1 Å². The van der Waals surface area contributed by atoms with Crippen LogP contribution in [0.2, 0.25) is 0 Å². The molecule has 0 saturated carbocycles. The van der Waals surface area contributed by atoms with Gasteiger partial charge in [-0.05, 0) is 42.3 Å². The van der Waals surface area contributed by atoms with Crippen LogP contribution in [0.15, 0.2) is 42.6 Å². The van der Waals surface area contributed by atoms with E-state index in [9.17, 15) is 4.79 Å². The molecule has 2 fully saturated rings. The molecule has 2 aromatic carbocycles. The fourth-order valence-corrected chi connectivity index (χ4v) is 5.06. The van der Waals surface area contributed by atoms with Crippen molar-refractivity contribution in [3.63, 3.8) is 0 Å².